The van der Waals surface area contributed by atoms with E-state index in [0.29, 0.717) is 0 Å². The molecule has 0 aliphatic heterocycles. The van der Waals surface area contributed by atoms with E-state index in [1.54, 1.807) is 12.1 Å². The average molecular weight is 172 g/mol. The van der Waals surface area contributed by atoms with E-state index in [1.165, 1.54) is 18.4 Å². The van der Waals surface area contributed by atoms with Crippen LogP contribution in [0.1, 0.15) is 11.0 Å². The predicted molar refractivity (Wildman–Crippen MR) is 41.7 cm³/mol. The fraction of sp³-hybridized carbons (Fsp3) is 0.286. The summed E-state index contributed by atoms with van der Waals surface area (Å²) in [5.41, 5.74) is 0. The van der Waals surface area contributed by atoms with Crippen molar-refractivity contribution in [3.05, 3.63) is 22.4 Å². The molecule has 1 heterocycles. The number of rotatable bonds is 3. The summed E-state index contributed by atoms with van der Waals surface area (Å²) < 4.78 is 4.77. The molecule has 0 spiro atoms. The first-order chi connectivity index (χ1) is 5.25. The van der Waals surface area contributed by atoms with Crippen molar-refractivity contribution in [2.24, 2.45) is 0 Å². The van der Waals surface area contributed by atoms with Gasteiger partial charge in [-0.2, -0.15) is 0 Å². The number of hydrogen-bond donors (Lipinski definition) is 1. The Hall–Kier alpha value is -0.870. The van der Waals surface area contributed by atoms with Crippen LogP contribution in [0.5, 0.6) is 0 Å². The second kappa shape index (κ2) is 3.50. The van der Waals surface area contributed by atoms with Crippen molar-refractivity contribution in [1.82, 2.24) is 0 Å². The molecule has 0 amide bonds. The van der Waals surface area contributed by atoms with Crippen LogP contribution in [0.25, 0.3) is 0 Å². The molecule has 1 aromatic rings. The van der Waals surface area contributed by atoms with E-state index in [0.717, 1.165) is 4.88 Å². The van der Waals surface area contributed by atoms with Crippen molar-refractivity contribution in [3.63, 3.8) is 0 Å². The van der Waals surface area contributed by atoms with Crippen LogP contribution < -0.4 is 0 Å². The Labute approximate surface area is 68.2 Å². The smallest absolute Gasteiger partial charge is 0.338 e. The molecule has 0 aliphatic rings. The Balaban J connectivity index is 2.79. The third kappa shape index (κ3) is 1.78. The van der Waals surface area contributed by atoms with Gasteiger partial charge in [-0.05, 0) is 11.4 Å². The lowest BCUT2D eigenvalue weighted by molar-refractivity contribution is -0.148. The topological polar surface area (TPSA) is 46.5 Å². The van der Waals surface area contributed by atoms with E-state index in [2.05, 4.69) is 0 Å². The second-order valence-corrected chi connectivity index (χ2v) is 2.95. The van der Waals surface area contributed by atoms with E-state index in [1.807, 2.05) is 5.38 Å². The first-order valence-electron chi connectivity index (χ1n) is 3.04. The van der Waals surface area contributed by atoms with Crippen LogP contribution in [0.2, 0.25) is 0 Å². The molecule has 1 N–H and O–H groups in total. The van der Waals surface area contributed by atoms with Crippen molar-refractivity contribution in [1.29, 1.82) is 0 Å². The van der Waals surface area contributed by atoms with E-state index in [-0.39, 0.29) is 0 Å². The number of aliphatic carboxylic acids is 1. The highest BCUT2D eigenvalue weighted by Gasteiger charge is 2.19. The number of carboxylic acids is 1. The lowest BCUT2D eigenvalue weighted by Crippen LogP contribution is -2.11. The molecule has 1 aromatic heterocycles. The van der Waals surface area contributed by atoms with Gasteiger partial charge in [-0.1, -0.05) is 6.07 Å². The molecule has 0 bridgehead atoms. The van der Waals surface area contributed by atoms with Crippen molar-refractivity contribution >= 4 is 17.3 Å². The maximum absolute atomic E-state index is 10.5. The van der Waals surface area contributed by atoms with Crippen LogP contribution in [0, 0.1) is 0 Å². The fourth-order valence-corrected chi connectivity index (χ4v) is 1.57. The van der Waals surface area contributed by atoms with Gasteiger partial charge in [0.15, 0.2) is 6.10 Å². The lowest BCUT2D eigenvalue weighted by atomic mass is 10.3. The van der Waals surface area contributed by atoms with Gasteiger partial charge in [0.1, 0.15) is 0 Å². The van der Waals surface area contributed by atoms with E-state index < -0.39 is 12.1 Å². The minimum Gasteiger partial charge on any atom is -0.479 e. The van der Waals surface area contributed by atoms with Gasteiger partial charge >= 0.3 is 5.97 Å². The quantitative estimate of drug-likeness (QED) is 0.751. The Morgan fingerprint density at radius 3 is 2.91 bits per heavy atom. The highest BCUT2D eigenvalue weighted by atomic mass is 32.1. The zero-order chi connectivity index (χ0) is 8.27. The van der Waals surface area contributed by atoms with Gasteiger partial charge in [0.2, 0.25) is 0 Å². The van der Waals surface area contributed by atoms with Gasteiger partial charge in [0.25, 0.3) is 0 Å². The summed E-state index contributed by atoms with van der Waals surface area (Å²) in [4.78, 5) is 11.2. The molecule has 0 aliphatic carbocycles. The van der Waals surface area contributed by atoms with Crippen molar-refractivity contribution in [2.75, 3.05) is 7.11 Å². The van der Waals surface area contributed by atoms with Crippen molar-refractivity contribution < 1.29 is 14.6 Å². The summed E-state index contributed by atoms with van der Waals surface area (Å²) in [6, 6.07) is 3.54. The molecule has 1 atom stereocenters. The minimum atomic E-state index is -0.949. The summed E-state index contributed by atoms with van der Waals surface area (Å²) in [5, 5.41) is 10.5. The summed E-state index contributed by atoms with van der Waals surface area (Å²) in [7, 11) is 1.39. The highest BCUT2D eigenvalue weighted by Crippen LogP contribution is 2.21. The number of carbonyl (C=O) groups is 1. The van der Waals surface area contributed by atoms with E-state index in [4.69, 9.17) is 9.84 Å². The maximum Gasteiger partial charge on any atom is 0.338 e. The highest BCUT2D eigenvalue weighted by molar-refractivity contribution is 7.10. The van der Waals surface area contributed by atoms with Crippen molar-refractivity contribution in [3.8, 4) is 0 Å². The molecular formula is C7H8O3S. The molecule has 1 rings (SSSR count). The fourth-order valence-electron chi connectivity index (χ4n) is 0.779. The van der Waals surface area contributed by atoms with Crippen molar-refractivity contribution in [2.45, 2.75) is 6.10 Å². The average Bonchev–Trinajstić information content (AvgIpc) is 2.40. The zero-order valence-electron chi connectivity index (χ0n) is 5.98. The maximum atomic E-state index is 10.5. The van der Waals surface area contributed by atoms with Crippen LogP contribution in [-0.2, 0) is 9.53 Å². The molecule has 0 radical (unpaired) electrons. The molecule has 60 valence electrons. The van der Waals surface area contributed by atoms with E-state index in [9.17, 15) is 4.79 Å². The first kappa shape index (κ1) is 8.23. The summed E-state index contributed by atoms with van der Waals surface area (Å²) >= 11 is 1.38. The Kier molecular flexibility index (Phi) is 2.62. The molecule has 11 heavy (non-hydrogen) atoms. The summed E-state index contributed by atoms with van der Waals surface area (Å²) in [6.45, 7) is 0. The third-order valence-corrected chi connectivity index (χ3v) is 2.18. The van der Waals surface area contributed by atoms with Gasteiger partial charge in [0.05, 0.1) is 0 Å². The predicted octanol–water partition coefficient (Wildman–Crippen LogP) is 1.52. The number of methoxy groups -OCH3 is 1. The SMILES string of the molecule is CO[C@H](C(=O)O)c1cccs1. The van der Waals surface area contributed by atoms with Crippen LogP contribution >= 0.6 is 11.3 Å². The van der Waals surface area contributed by atoms with Crippen LogP contribution in [0.15, 0.2) is 17.5 Å². The number of ether oxygens (including phenoxy) is 1. The Bertz CT molecular complexity index is 230. The molecule has 0 aromatic carbocycles. The van der Waals surface area contributed by atoms with Crippen LogP contribution in [-0.4, -0.2) is 18.2 Å². The second-order valence-electron chi connectivity index (χ2n) is 1.97. The Morgan fingerprint density at radius 2 is 2.55 bits per heavy atom. The standard InChI is InChI=1S/C7H8O3S/c1-10-6(7(8)9)5-3-2-4-11-5/h2-4,6H,1H3,(H,8,9)/t6-/m0/s1. The lowest BCUT2D eigenvalue weighted by Gasteiger charge is -2.06. The minimum absolute atomic E-state index is 0.722. The Morgan fingerprint density at radius 1 is 1.82 bits per heavy atom. The summed E-state index contributed by atoms with van der Waals surface area (Å²) in [6.07, 6.45) is -0.810. The number of hydrogen-bond acceptors (Lipinski definition) is 3. The van der Waals surface area contributed by atoms with Gasteiger partial charge in [-0.25, -0.2) is 4.79 Å². The largest absolute Gasteiger partial charge is 0.479 e. The monoisotopic (exact) mass is 172 g/mol. The number of thiophene rings is 1. The molecular weight excluding hydrogens is 164 g/mol. The first-order valence-corrected chi connectivity index (χ1v) is 3.92. The molecule has 0 unspecified atom stereocenters. The molecule has 0 saturated carbocycles. The zero-order valence-corrected chi connectivity index (χ0v) is 6.80. The van der Waals surface area contributed by atoms with Gasteiger partial charge < -0.3 is 9.84 Å². The third-order valence-electron chi connectivity index (χ3n) is 1.26. The van der Waals surface area contributed by atoms with Gasteiger partial charge in [-0.3, -0.25) is 0 Å². The van der Waals surface area contributed by atoms with E-state index >= 15 is 0 Å². The number of carboxylic acid groups (broad SMARTS) is 1. The van der Waals surface area contributed by atoms with Gasteiger partial charge in [0, 0.05) is 12.0 Å². The molecule has 0 saturated heterocycles. The normalized spacial score (nSPS) is 12.8. The van der Waals surface area contributed by atoms with Crippen LogP contribution in [0.4, 0.5) is 0 Å². The summed E-state index contributed by atoms with van der Waals surface area (Å²) in [5.74, 6) is -0.949. The molecule has 3 nitrogen and oxygen atoms in total. The van der Waals surface area contributed by atoms with Crippen LogP contribution in [0.3, 0.4) is 0 Å². The molecule has 0 fully saturated rings. The van der Waals surface area contributed by atoms with Gasteiger partial charge in [-0.15, -0.1) is 11.3 Å². The molecule has 4 heteroatoms.